The topological polar surface area (TPSA) is 78.4 Å². The summed E-state index contributed by atoms with van der Waals surface area (Å²) in [5.41, 5.74) is 2.74. The predicted molar refractivity (Wildman–Crippen MR) is 109 cm³/mol. The minimum atomic E-state index is -0.203. The van der Waals surface area contributed by atoms with Crippen LogP contribution in [0.4, 0.5) is 0 Å². The molecule has 2 aliphatic heterocycles. The van der Waals surface area contributed by atoms with E-state index in [-0.39, 0.29) is 23.5 Å². The number of aromatic amines is 1. The number of imidazole rings is 1. The molecule has 7 heteroatoms. The van der Waals surface area contributed by atoms with Crippen molar-refractivity contribution in [3.63, 3.8) is 0 Å². The molecule has 0 spiro atoms. The number of nitrogens with one attached hydrogen (secondary N) is 1. The van der Waals surface area contributed by atoms with Crippen LogP contribution >= 0.6 is 0 Å². The standard InChI is InChI=1S/C22H22N4O3/c27-20-16-5-1-2-6-17(16)21(28)25(20)14-13-24-11-9-15(10-12-24)26-19-8-4-3-7-18(19)23-22(26)29/h1-8,15H,9-14H2,(H,23,29). The minimum absolute atomic E-state index is 0.0596. The Labute approximate surface area is 167 Å². The summed E-state index contributed by atoms with van der Waals surface area (Å²) in [6, 6.07) is 14.9. The monoisotopic (exact) mass is 390 g/mol. The lowest BCUT2D eigenvalue weighted by Gasteiger charge is -2.33. The molecule has 0 atom stereocenters. The van der Waals surface area contributed by atoms with Gasteiger partial charge < -0.3 is 9.88 Å². The van der Waals surface area contributed by atoms with Crippen molar-refractivity contribution in [2.75, 3.05) is 26.2 Å². The third kappa shape index (κ3) is 2.98. The molecule has 0 saturated carbocycles. The number of fused-ring (bicyclic) bond motifs is 2. The van der Waals surface area contributed by atoms with Crippen molar-refractivity contribution in [3.8, 4) is 0 Å². The molecule has 29 heavy (non-hydrogen) atoms. The number of aromatic nitrogens is 2. The van der Waals surface area contributed by atoms with E-state index in [1.807, 2.05) is 28.8 Å². The molecule has 1 aromatic heterocycles. The van der Waals surface area contributed by atoms with Gasteiger partial charge in [0.05, 0.1) is 22.2 Å². The summed E-state index contributed by atoms with van der Waals surface area (Å²) in [4.78, 5) is 43.9. The van der Waals surface area contributed by atoms with Gasteiger partial charge in [-0.25, -0.2) is 4.79 Å². The minimum Gasteiger partial charge on any atom is -0.306 e. The van der Waals surface area contributed by atoms with Crippen molar-refractivity contribution >= 4 is 22.8 Å². The molecule has 2 aliphatic rings. The van der Waals surface area contributed by atoms with Crippen molar-refractivity contribution in [3.05, 3.63) is 70.1 Å². The Balaban J connectivity index is 1.22. The predicted octanol–water partition coefficient (Wildman–Crippen LogP) is 2.26. The van der Waals surface area contributed by atoms with Gasteiger partial charge in [-0.2, -0.15) is 0 Å². The number of H-pyrrole nitrogens is 1. The van der Waals surface area contributed by atoms with Crippen LogP contribution in [0.3, 0.4) is 0 Å². The third-order valence-electron chi connectivity index (χ3n) is 6.06. The van der Waals surface area contributed by atoms with E-state index in [1.54, 1.807) is 24.3 Å². The van der Waals surface area contributed by atoms with E-state index in [2.05, 4.69) is 9.88 Å². The summed E-state index contributed by atoms with van der Waals surface area (Å²) in [7, 11) is 0. The first kappa shape index (κ1) is 17.9. The van der Waals surface area contributed by atoms with Gasteiger partial charge in [0, 0.05) is 32.2 Å². The van der Waals surface area contributed by atoms with Gasteiger partial charge >= 0.3 is 5.69 Å². The SMILES string of the molecule is O=C1c2ccccc2C(=O)N1CCN1CCC(n2c(=O)[nH]c3ccccc32)CC1. The van der Waals surface area contributed by atoms with Crippen LogP contribution in [0.25, 0.3) is 11.0 Å². The van der Waals surface area contributed by atoms with Crippen LogP contribution in [-0.2, 0) is 0 Å². The largest absolute Gasteiger partial charge is 0.326 e. The number of benzene rings is 2. The Hall–Kier alpha value is -3.19. The molecule has 1 saturated heterocycles. The number of imide groups is 1. The Bertz CT molecular complexity index is 1120. The first-order chi connectivity index (χ1) is 14.1. The zero-order chi connectivity index (χ0) is 20.0. The number of nitrogens with zero attached hydrogens (tertiary/aromatic N) is 3. The summed E-state index contributed by atoms with van der Waals surface area (Å²) in [6.07, 6.45) is 1.73. The molecular formula is C22H22N4O3. The number of hydrogen-bond acceptors (Lipinski definition) is 4. The van der Waals surface area contributed by atoms with Crippen LogP contribution in [0.2, 0.25) is 0 Å². The molecule has 0 radical (unpaired) electrons. The van der Waals surface area contributed by atoms with Crippen LogP contribution in [0.15, 0.2) is 53.3 Å². The lowest BCUT2D eigenvalue weighted by atomic mass is 10.0. The fourth-order valence-electron chi connectivity index (χ4n) is 4.52. The van der Waals surface area contributed by atoms with Gasteiger partial charge in [0.2, 0.25) is 0 Å². The second-order valence-corrected chi connectivity index (χ2v) is 7.70. The van der Waals surface area contributed by atoms with E-state index in [4.69, 9.17) is 0 Å². The smallest absolute Gasteiger partial charge is 0.306 e. The lowest BCUT2D eigenvalue weighted by molar-refractivity contribution is 0.0626. The maximum absolute atomic E-state index is 12.5. The van der Waals surface area contributed by atoms with Gasteiger partial charge in [-0.15, -0.1) is 0 Å². The van der Waals surface area contributed by atoms with Crippen molar-refractivity contribution in [2.24, 2.45) is 0 Å². The first-order valence-corrected chi connectivity index (χ1v) is 10.0. The summed E-state index contributed by atoms with van der Waals surface area (Å²) in [5.74, 6) is -0.406. The molecule has 0 bridgehead atoms. The summed E-state index contributed by atoms with van der Waals surface area (Å²) in [6.45, 7) is 2.71. The molecule has 7 nitrogen and oxygen atoms in total. The van der Waals surface area contributed by atoms with Crippen LogP contribution in [-0.4, -0.2) is 57.3 Å². The van der Waals surface area contributed by atoms with E-state index in [0.717, 1.165) is 37.0 Å². The highest BCUT2D eigenvalue weighted by molar-refractivity contribution is 6.21. The summed E-state index contributed by atoms with van der Waals surface area (Å²) < 4.78 is 1.87. The fraction of sp³-hybridized carbons (Fsp3) is 0.318. The number of likely N-dealkylation sites (tertiary alicyclic amines) is 1. The number of para-hydroxylation sites is 2. The van der Waals surface area contributed by atoms with Gasteiger partial charge in [0.15, 0.2) is 0 Å². The Morgan fingerprint density at radius 3 is 2.14 bits per heavy atom. The van der Waals surface area contributed by atoms with E-state index in [1.165, 1.54) is 4.90 Å². The third-order valence-corrected chi connectivity index (χ3v) is 6.06. The van der Waals surface area contributed by atoms with E-state index in [9.17, 15) is 14.4 Å². The highest BCUT2D eigenvalue weighted by atomic mass is 16.2. The molecule has 3 heterocycles. The van der Waals surface area contributed by atoms with Gasteiger partial charge in [-0.05, 0) is 37.1 Å². The van der Waals surface area contributed by atoms with Crippen molar-refractivity contribution in [1.29, 1.82) is 0 Å². The van der Waals surface area contributed by atoms with E-state index >= 15 is 0 Å². The average Bonchev–Trinajstić information content (AvgIpc) is 3.21. The number of rotatable bonds is 4. The summed E-state index contributed by atoms with van der Waals surface area (Å²) >= 11 is 0. The maximum atomic E-state index is 12.5. The second-order valence-electron chi connectivity index (χ2n) is 7.70. The molecule has 0 unspecified atom stereocenters. The highest BCUT2D eigenvalue weighted by Crippen LogP contribution is 2.26. The summed E-state index contributed by atoms with van der Waals surface area (Å²) in [5, 5.41) is 0. The first-order valence-electron chi connectivity index (χ1n) is 10.0. The highest BCUT2D eigenvalue weighted by Gasteiger charge is 2.35. The Morgan fingerprint density at radius 2 is 1.45 bits per heavy atom. The second kappa shape index (κ2) is 7.00. The number of amides is 2. The average molecular weight is 390 g/mol. The molecule has 1 fully saturated rings. The lowest BCUT2D eigenvalue weighted by Crippen LogP contribution is -2.42. The van der Waals surface area contributed by atoms with Crippen molar-refractivity contribution < 1.29 is 9.59 Å². The molecule has 3 aromatic rings. The Morgan fingerprint density at radius 1 is 0.828 bits per heavy atom. The zero-order valence-electron chi connectivity index (χ0n) is 16.0. The number of piperidine rings is 1. The molecule has 148 valence electrons. The van der Waals surface area contributed by atoms with Crippen LogP contribution in [0.1, 0.15) is 39.6 Å². The molecule has 1 N–H and O–H groups in total. The molecular weight excluding hydrogens is 368 g/mol. The van der Waals surface area contributed by atoms with Gasteiger partial charge in [-0.3, -0.25) is 19.1 Å². The normalized spacial score (nSPS) is 18.0. The van der Waals surface area contributed by atoms with Crippen LogP contribution in [0, 0.1) is 0 Å². The molecule has 2 aromatic carbocycles. The number of carbonyl (C=O) groups excluding carboxylic acids is 2. The van der Waals surface area contributed by atoms with Crippen molar-refractivity contribution in [1.82, 2.24) is 19.4 Å². The van der Waals surface area contributed by atoms with Gasteiger partial charge in [0.25, 0.3) is 11.8 Å². The van der Waals surface area contributed by atoms with E-state index in [0.29, 0.717) is 24.2 Å². The quantitative estimate of drug-likeness (QED) is 0.693. The van der Waals surface area contributed by atoms with Gasteiger partial charge in [-0.1, -0.05) is 24.3 Å². The fourth-order valence-corrected chi connectivity index (χ4v) is 4.52. The van der Waals surface area contributed by atoms with Crippen LogP contribution < -0.4 is 5.69 Å². The van der Waals surface area contributed by atoms with Gasteiger partial charge in [0.1, 0.15) is 0 Å². The molecule has 0 aliphatic carbocycles. The van der Waals surface area contributed by atoms with Crippen molar-refractivity contribution in [2.45, 2.75) is 18.9 Å². The van der Waals surface area contributed by atoms with E-state index < -0.39 is 0 Å². The Kier molecular flexibility index (Phi) is 4.32. The molecule has 5 rings (SSSR count). The number of carbonyl (C=O) groups is 2. The van der Waals surface area contributed by atoms with Crippen LogP contribution in [0.5, 0.6) is 0 Å². The maximum Gasteiger partial charge on any atom is 0.326 e. The number of hydrogen-bond donors (Lipinski definition) is 1. The zero-order valence-corrected chi connectivity index (χ0v) is 16.0. The molecule has 2 amide bonds.